The summed E-state index contributed by atoms with van der Waals surface area (Å²) in [5, 5.41) is 3.25. The van der Waals surface area contributed by atoms with Gasteiger partial charge in [-0.25, -0.2) is 4.39 Å². The molecule has 20 heavy (non-hydrogen) atoms. The number of rotatable bonds is 3. The highest BCUT2D eigenvalue weighted by molar-refractivity contribution is 5.58. The molecule has 1 saturated carbocycles. The van der Waals surface area contributed by atoms with Crippen molar-refractivity contribution in [3.8, 4) is 0 Å². The Hall–Kier alpha value is -1.09. The van der Waals surface area contributed by atoms with Crippen LogP contribution in [0.2, 0.25) is 0 Å². The molecule has 1 saturated heterocycles. The molecule has 110 valence electrons. The average molecular weight is 276 g/mol. The van der Waals surface area contributed by atoms with Gasteiger partial charge in [-0.05, 0) is 50.8 Å². The number of halogens is 1. The van der Waals surface area contributed by atoms with Crippen LogP contribution in [0.4, 0.5) is 10.1 Å². The molecule has 1 N–H and O–H groups in total. The lowest BCUT2D eigenvalue weighted by Crippen LogP contribution is -2.36. The van der Waals surface area contributed by atoms with Gasteiger partial charge in [0.25, 0.3) is 0 Å². The molecule has 2 aliphatic rings. The van der Waals surface area contributed by atoms with Gasteiger partial charge in [-0.1, -0.05) is 25.0 Å². The van der Waals surface area contributed by atoms with Gasteiger partial charge in [0, 0.05) is 18.6 Å². The maximum absolute atomic E-state index is 14.5. The predicted molar refractivity (Wildman–Crippen MR) is 81.6 cm³/mol. The molecule has 3 heteroatoms. The van der Waals surface area contributed by atoms with E-state index in [0.717, 1.165) is 23.7 Å². The number of benzene rings is 1. The first kappa shape index (κ1) is 13.9. The highest BCUT2D eigenvalue weighted by Gasteiger charge is 2.37. The number of hydrogen-bond donors (Lipinski definition) is 1. The Balaban J connectivity index is 1.97. The summed E-state index contributed by atoms with van der Waals surface area (Å²) in [6.07, 6.45) is 6.43. The van der Waals surface area contributed by atoms with Crippen molar-refractivity contribution in [3.05, 3.63) is 29.6 Å². The van der Waals surface area contributed by atoms with E-state index in [4.69, 9.17) is 0 Å². The Labute approximate surface area is 121 Å². The maximum atomic E-state index is 14.5. The van der Waals surface area contributed by atoms with E-state index in [2.05, 4.69) is 23.2 Å². The Morgan fingerprint density at radius 3 is 2.85 bits per heavy atom. The molecule has 1 heterocycles. The van der Waals surface area contributed by atoms with Gasteiger partial charge >= 0.3 is 0 Å². The van der Waals surface area contributed by atoms with E-state index < -0.39 is 0 Å². The lowest BCUT2D eigenvalue weighted by Gasteiger charge is -2.35. The molecule has 0 spiro atoms. The van der Waals surface area contributed by atoms with Gasteiger partial charge in [-0.15, -0.1) is 0 Å². The fourth-order valence-corrected chi connectivity index (χ4v) is 4.02. The van der Waals surface area contributed by atoms with Crippen molar-refractivity contribution in [2.45, 2.75) is 51.1 Å². The Morgan fingerprint density at radius 2 is 2.05 bits per heavy atom. The molecule has 1 aliphatic carbocycles. The number of fused-ring (bicyclic) bond motifs is 1. The van der Waals surface area contributed by atoms with Gasteiger partial charge in [0.05, 0.1) is 5.69 Å². The van der Waals surface area contributed by atoms with Crippen LogP contribution in [0, 0.1) is 11.7 Å². The van der Waals surface area contributed by atoms with Crippen LogP contribution >= 0.6 is 0 Å². The molecular weight excluding hydrogens is 251 g/mol. The molecule has 3 atom stereocenters. The molecule has 0 amide bonds. The van der Waals surface area contributed by atoms with Crippen molar-refractivity contribution in [1.82, 2.24) is 5.32 Å². The fraction of sp³-hybridized carbons (Fsp3) is 0.647. The van der Waals surface area contributed by atoms with Crippen LogP contribution < -0.4 is 10.2 Å². The second-order valence-electron chi connectivity index (χ2n) is 6.28. The lowest BCUT2D eigenvalue weighted by molar-refractivity contribution is 0.341. The predicted octanol–water partition coefficient (Wildman–Crippen LogP) is 3.88. The first-order valence-electron chi connectivity index (χ1n) is 7.94. The summed E-state index contributed by atoms with van der Waals surface area (Å²) < 4.78 is 14.5. The van der Waals surface area contributed by atoms with Gasteiger partial charge in [0.15, 0.2) is 0 Å². The number of nitrogens with one attached hydrogen (secondary N) is 1. The van der Waals surface area contributed by atoms with Crippen molar-refractivity contribution < 1.29 is 4.39 Å². The van der Waals surface area contributed by atoms with E-state index in [0.29, 0.717) is 6.04 Å². The van der Waals surface area contributed by atoms with Crippen molar-refractivity contribution >= 4 is 5.69 Å². The molecule has 0 radical (unpaired) electrons. The Bertz CT molecular complexity index is 474. The second kappa shape index (κ2) is 5.72. The quantitative estimate of drug-likeness (QED) is 0.901. The van der Waals surface area contributed by atoms with Gasteiger partial charge in [0.2, 0.25) is 0 Å². The van der Waals surface area contributed by atoms with E-state index in [1.54, 1.807) is 6.07 Å². The summed E-state index contributed by atoms with van der Waals surface area (Å²) in [4.78, 5) is 2.36. The van der Waals surface area contributed by atoms with Gasteiger partial charge < -0.3 is 10.2 Å². The summed E-state index contributed by atoms with van der Waals surface area (Å²) in [5.74, 6) is 0.719. The van der Waals surface area contributed by atoms with E-state index in [9.17, 15) is 4.39 Å². The summed E-state index contributed by atoms with van der Waals surface area (Å²) in [7, 11) is 1.94. The smallest absolute Gasteiger partial charge is 0.146 e. The highest BCUT2D eigenvalue weighted by atomic mass is 19.1. The third-order valence-corrected chi connectivity index (χ3v) is 5.21. The Morgan fingerprint density at radius 1 is 1.25 bits per heavy atom. The molecule has 3 rings (SSSR count). The average Bonchev–Trinajstić information content (AvgIpc) is 2.90. The number of para-hydroxylation sites is 1. The second-order valence-corrected chi connectivity index (χ2v) is 6.28. The summed E-state index contributed by atoms with van der Waals surface area (Å²) in [5.41, 5.74) is 1.95. The zero-order valence-corrected chi connectivity index (χ0v) is 12.5. The lowest BCUT2D eigenvalue weighted by atomic mass is 9.85. The van der Waals surface area contributed by atoms with Gasteiger partial charge in [-0.3, -0.25) is 0 Å². The van der Waals surface area contributed by atoms with E-state index in [1.165, 1.54) is 32.1 Å². The summed E-state index contributed by atoms with van der Waals surface area (Å²) in [6, 6.07) is 6.25. The molecular formula is C17H25FN2. The normalized spacial score (nSPS) is 27.4. The first-order valence-corrected chi connectivity index (χ1v) is 7.94. The van der Waals surface area contributed by atoms with Crippen molar-refractivity contribution in [2.24, 2.45) is 5.92 Å². The van der Waals surface area contributed by atoms with Crippen molar-refractivity contribution in [2.75, 3.05) is 18.5 Å². The number of hydrogen-bond acceptors (Lipinski definition) is 2. The zero-order valence-electron chi connectivity index (χ0n) is 12.5. The summed E-state index contributed by atoms with van der Waals surface area (Å²) >= 11 is 0. The minimum absolute atomic E-state index is 0.0594. The van der Waals surface area contributed by atoms with Gasteiger partial charge in [-0.2, -0.15) is 0 Å². The third-order valence-electron chi connectivity index (χ3n) is 5.21. The van der Waals surface area contributed by atoms with Crippen LogP contribution in [-0.4, -0.2) is 19.6 Å². The monoisotopic (exact) mass is 276 g/mol. The molecule has 3 unspecified atom stereocenters. The minimum atomic E-state index is -0.0594. The zero-order chi connectivity index (χ0) is 14.1. The van der Waals surface area contributed by atoms with Gasteiger partial charge in [0.1, 0.15) is 5.82 Å². The van der Waals surface area contributed by atoms with Crippen molar-refractivity contribution in [1.29, 1.82) is 0 Å². The Kier molecular flexibility index (Phi) is 3.97. The number of anilines is 1. The number of nitrogens with zero attached hydrogens (tertiary/aromatic N) is 1. The molecule has 1 aromatic carbocycles. The molecule has 0 aromatic heterocycles. The van der Waals surface area contributed by atoms with Crippen LogP contribution in [-0.2, 0) is 0 Å². The van der Waals surface area contributed by atoms with Crippen LogP contribution in [0.1, 0.15) is 50.6 Å². The fourth-order valence-electron chi connectivity index (χ4n) is 4.02. The summed E-state index contributed by atoms with van der Waals surface area (Å²) in [6.45, 7) is 3.12. The molecule has 0 bridgehead atoms. The molecule has 1 aliphatic heterocycles. The highest BCUT2D eigenvalue weighted by Crippen LogP contribution is 2.41. The molecule has 2 fully saturated rings. The van der Waals surface area contributed by atoms with Crippen LogP contribution in [0.15, 0.2) is 18.2 Å². The topological polar surface area (TPSA) is 15.3 Å². The maximum Gasteiger partial charge on any atom is 0.146 e. The molecule has 2 nitrogen and oxygen atoms in total. The van der Waals surface area contributed by atoms with Crippen LogP contribution in [0.3, 0.4) is 0 Å². The SMILES string of the molecule is CNC(C)c1cccc(F)c1N1CCC2CCCCC21. The van der Waals surface area contributed by atoms with E-state index >= 15 is 0 Å². The van der Waals surface area contributed by atoms with E-state index in [1.807, 2.05) is 13.1 Å². The molecule has 1 aromatic rings. The minimum Gasteiger partial charge on any atom is -0.366 e. The standard InChI is InChI=1S/C17H25FN2/c1-12(19-2)14-7-5-8-15(18)17(14)20-11-10-13-6-3-4-9-16(13)20/h5,7-8,12-13,16,19H,3-4,6,9-11H2,1-2H3. The largest absolute Gasteiger partial charge is 0.366 e. The first-order chi connectivity index (χ1) is 9.72. The van der Waals surface area contributed by atoms with Crippen LogP contribution in [0.25, 0.3) is 0 Å². The third kappa shape index (κ3) is 2.32. The van der Waals surface area contributed by atoms with Crippen LogP contribution in [0.5, 0.6) is 0 Å². The van der Waals surface area contributed by atoms with E-state index in [-0.39, 0.29) is 11.9 Å². The van der Waals surface area contributed by atoms with Crippen molar-refractivity contribution in [3.63, 3.8) is 0 Å².